The second-order valence-corrected chi connectivity index (χ2v) is 8.79. The van der Waals surface area contributed by atoms with Crippen LogP contribution in [0.4, 0.5) is 4.79 Å². The van der Waals surface area contributed by atoms with E-state index in [1.165, 1.54) is 0 Å². The molecule has 0 bridgehead atoms. The lowest BCUT2D eigenvalue weighted by molar-refractivity contribution is -0.148. The molecular formula is C30H35NO5. The van der Waals surface area contributed by atoms with Crippen LogP contribution in [-0.2, 0) is 20.9 Å². The molecule has 3 aromatic rings. The van der Waals surface area contributed by atoms with E-state index < -0.39 is 18.1 Å². The van der Waals surface area contributed by atoms with Crippen molar-refractivity contribution in [1.29, 1.82) is 0 Å². The molecule has 0 saturated heterocycles. The van der Waals surface area contributed by atoms with E-state index in [1.54, 1.807) is 7.11 Å². The molecule has 0 saturated carbocycles. The summed E-state index contributed by atoms with van der Waals surface area (Å²) in [7, 11) is 1.60. The van der Waals surface area contributed by atoms with Crippen molar-refractivity contribution in [3.8, 4) is 16.9 Å². The SMILES string of the molecule is C.CC[C@H](C)[C@H](NC(=O)OCC1c2ccccc2-c2ccccc21)C(=O)OCc1ccc(OC)cc1. The van der Waals surface area contributed by atoms with E-state index in [0.29, 0.717) is 6.42 Å². The fourth-order valence-corrected chi connectivity index (χ4v) is 4.40. The summed E-state index contributed by atoms with van der Waals surface area (Å²) >= 11 is 0. The Labute approximate surface area is 213 Å². The predicted octanol–water partition coefficient (Wildman–Crippen LogP) is 6.33. The van der Waals surface area contributed by atoms with Gasteiger partial charge in [0.2, 0.25) is 0 Å². The maximum absolute atomic E-state index is 12.8. The summed E-state index contributed by atoms with van der Waals surface area (Å²) < 4.78 is 16.3. The van der Waals surface area contributed by atoms with Gasteiger partial charge < -0.3 is 19.5 Å². The lowest BCUT2D eigenvalue weighted by Crippen LogP contribution is -2.46. The second kappa shape index (κ2) is 12.2. The van der Waals surface area contributed by atoms with Crippen molar-refractivity contribution in [2.75, 3.05) is 13.7 Å². The molecule has 0 heterocycles. The Morgan fingerprint density at radius 1 is 0.889 bits per heavy atom. The van der Waals surface area contributed by atoms with Gasteiger partial charge in [-0.25, -0.2) is 9.59 Å². The lowest BCUT2D eigenvalue weighted by atomic mass is 9.98. The molecule has 0 spiro atoms. The summed E-state index contributed by atoms with van der Waals surface area (Å²) in [5, 5.41) is 2.74. The summed E-state index contributed by atoms with van der Waals surface area (Å²) in [6.45, 7) is 4.17. The second-order valence-electron chi connectivity index (χ2n) is 8.79. The third-order valence-corrected chi connectivity index (χ3v) is 6.62. The summed E-state index contributed by atoms with van der Waals surface area (Å²) in [6, 6.07) is 22.8. The molecule has 3 aromatic carbocycles. The van der Waals surface area contributed by atoms with E-state index in [0.717, 1.165) is 33.6 Å². The van der Waals surface area contributed by atoms with Crippen LogP contribution in [0.25, 0.3) is 11.1 Å². The number of rotatable bonds is 9. The average molecular weight is 490 g/mol. The van der Waals surface area contributed by atoms with E-state index >= 15 is 0 Å². The highest BCUT2D eigenvalue weighted by Gasteiger charge is 2.31. The van der Waals surface area contributed by atoms with Gasteiger partial charge in [0.25, 0.3) is 0 Å². The van der Waals surface area contributed by atoms with Crippen LogP contribution in [0.1, 0.15) is 50.3 Å². The molecule has 190 valence electrons. The van der Waals surface area contributed by atoms with Gasteiger partial charge in [0.05, 0.1) is 7.11 Å². The molecule has 1 N–H and O–H groups in total. The van der Waals surface area contributed by atoms with Gasteiger partial charge in [-0.15, -0.1) is 0 Å². The quantitative estimate of drug-likeness (QED) is 0.356. The zero-order valence-electron chi connectivity index (χ0n) is 20.3. The molecule has 36 heavy (non-hydrogen) atoms. The molecular weight excluding hydrogens is 454 g/mol. The largest absolute Gasteiger partial charge is 0.497 e. The molecule has 6 nitrogen and oxygen atoms in total. The highest BCUT2D eigenvalue weighted by Crippen LogP contribution is 2.44. The molecule has 6 heteroatoms. The molecule has 0 radical (unpaired) electrons. The molecule has 4 rings (SSSR count). The van der Waals surface area contributed by atoms with Gasteiger partial charge in [0, 0.05) is 5.92 Å². The van der Waals surface area contributed by atoms with Gasteiger partial charge in [-0.2, -0.15) is 0 Å². The number of hydrogen-bond donors (Lipinski definition) is 1. The minimum absolute atomic E-state index is 0. The van der Waals surface area contributed by atoms with Crippen LogP contribution in [0.3, 0.4) is 0 Å². The molecule has 1 aliphatic rings. The Morgan fingerprint density at radius 3 is 2.03 bits per heavy atom. The van der Waals surface area contributed by atoms with Crippen LogP contribution in [0.15, 0.2) is 72.8 Å². The smallest absolute Gasteiger partial charge is 0.407 e. The van der Waals surface area contributed by atoms with Crippen LogP contribution < -0.4 is 10.1 Å². The summed E-state index contributed by atoms with van der Waals surface area (Å²) in [6.07, 6.45) is 0.0740. The average Bonchev–Trinajstić information content (AvgIpc) is 3.22. The first-order valence-electron chi connectivity index (χ1n) is 11.9. The van der Waals surface area contributed by atoms with E-state index in [9.17, 15) is 9.59 Å². The number of carbonyl (C=O) groups excluding carboxylic acids is 2. The number of ether oxygens (including phenoxy) is 3. The molecule has 2 atom stereocenters. The standard InChI is InChI=1S/C29H31NO5.CH4/c1-4-19(2)27(28(31)34-17-20-13-15-21(33-3)16-14-20)30-29(32)35-18-26-24-11-7-5-9-22(24)23-10-6-8-12-25(23)26;/h5-16,19,26-27H,4,17-18H2,1-3H3,(H,30,32);1H4/t19-,27-;/m0./s1. The van der Waals surface area contributed by atoms with Gasteiger partial charge in [-0.05, 0) is 45.9 Å². The number of nitrogens with one attached hydrogen (secondary N) is 1. The highest BCUT2D eigenvalue weighted by atomic mass is 16.6. The number of alkyl carbamates (subject to hydrolysis) is 1. The third kappa shape index (κ3) is 5.88. The fourth-order valence-electron chi connectivity index (χ4n) is 4.40. The van der Waals surface area contributed by atoms with Crippen molar-refractivity contribution in [3.05, 3.63) is 89.5 Å². The van der Waals surface area contributed by atoms with E-state index in [4.69, 9.17) is 14.2 Å². The summed E-state index contributed by atoms with van der Waals surface area (Å²) in [5.74, 6) is 0.0919. The highest BCUT2D eigenvalue weighted by molar-refractivity contribution is 5.82. The third-order valence-electron chi connectivity index (χ3n) is 6.62. The van der Waals surface area contributed by atoms with E-state index in [2.05, 4.69) is 29.6 Å². The van der Waals surface area contributed by atoms with Gasteiger partial charge in [0.1, 0.15) is 25.0 Å². The van der Waals surface area contributed by atoms with Crippen molar-refractivity contribution >= 4 is 12.1 Å². The van der Waals surface area contributed by atoms with Crippen LogP contribution >= 0.6 is 0 Å². The van der Waals surface area contributed by atoms with Crippen molar-refractivity contribution in [3.63, 3.8) is 0 Å². The Kier molecular flexibility index (Phi) is 9.12. The van der Waals surface area contributed by atoms with Crippen molar-refractivity contribution in [2.24, 2.45) is 5.92 Å². The van der Waals surface area contributed by atoms with Crippen molar-refractivity contribution < 1.29 is 23.8 Å². The van der Waals surface area contributed by atoms with E-state index in [-0.39, 0.29) is 32.5 Å². The number of amides is 1. The van der Waals surface area contributed by atoms with Gasteiger partial charge in [0.15, 0.2) is 0 Å². The molecule has 0 aliphatic heterocycles. The van der Waals surface area contributed by atoms with Crippen molar-refractivity contribution in [2.45, 2.75) is 46.3 Å². The monoisotopic (exact) mass is 489 g/mol. The van der Waals surface area contributed by atoms with Crippen LogP contribution in [0.2, 0.25) is 0 Å². The van der Waals surface area contributed by atoms with E-state index in [1.807, 2.05) is 62.4 Å². The van der Waals surface area contributed by atoms with Gasteiger partial charge in [-0.3, -0.25) is 0 Å². The zero-order chi connectivity index (χ0) is 24.8. The molecule has 1 aliphatic carbocycles. The zero-order valence-corrected chi connectivity index (χ0v) is 20.3. The first kappa shape index (κ1) is 26.8. The number of carbonyl (C=O) groups is 2. The van der Waals surface area contributed by atoms with Gasteiger partial charge >= 0.3 is 12.1 Å². The van der Waals surface area contributed by atoms with Crippen LogP contribution in [0.5, 0.6) is 5.75 Å². The first-order chi connectivity index (χ1) is 17.0. The normalized spacial score (nSPS) is 13.4. The number of esters is 1. The Morgan fingerprint density at radius 2 is 1.47 bits per heavy atom. The van der Waals surface area contributed by atoms with Gasteiger partial charge in [-0.1, -0.05) is 88.4 Å². The van der Waals surface area contributed by atoms with Crippen molar-refractivity contribution in [1.82, 2.24) is 5.32 Å². The topological polar surface area (TPSA) is 73.9 Å². The Hall–Kier alpha value is -3.80. The number of fused-ring (bicyclic) bond motifs is 3. The van der Waals surface area contributed by atoms with Crippen LogP contribution in [-0.4, -0.2) is 31.8 Å². The minimum atomic E-state index is -0.797. The molecule has 0 fully saturated rings. The maximum Gasteiger partial charge on any atom is 0.407 e. The number of benzene rings is 3. The van der Waals surface area contributed by atoms with Crippen LogP contribution in [0, 0.1) is 5.92 Å². The molecule has 1 amide bonds. The fraction of sp³-hybridized carbons (Fsp3) is 0.333. The minimum Gasteiger partial charge on any atom is -0.497 e. The predicted molar refractivity (Wildman–Crippen MR) is 141 cm³/mol. The Balaban J connectivity index is 0.00000361. The number of methoxy groups -OCH3 is 1. The number of hydrogen-bond acceptors (Lipinski definition) is 5. The molecule has 0 unspecified atom stereocenters. The maximum atomic E-state index is 12.8. The molecule has 0 aromatic heterocycles. The lowest BCUT2D eigenvalue weighted by Gasteiger charge is -2.23. The first-order valence-corrected chi connectivity index (χ1v) is 11.9. The summed E-state index contributed by atoms with van der Waals surface area (Å²) in [5.41, 5.74) is 5.44. The summed E-state index contributed by atoms with van der Waals surface area (Å²) in [4.78, 5) is 25.6. The Bertz CT molecular complexity index is 1130.